The van der Waals surface area contributed by atoms with Gasteiger partial charge in [-0.2, -0.15) is 0 Å². The molecule has 0 saturated heterocycles. The van der Waals surface area contributed by atoms with Gasteiger partial charge in [-0.15, -0.1) is 0 Å². The zero-order valence-corrected chi connectivity index (χ0v) is 17.9. The van der Waals surface area contributed by atoms with E-state index in [1.807, 2.05) is 18.2 Å². The number of ether oxygens (including phenoxy) is 1. The largest absolute Gasteiger partial charge is 0.463 e. The molecule has 1 N–H and O–H groups in total. The average molecular weight is 443 g/mol. The first-order chi connectivity index (χ1) is 16.2. The summed E-state index contributed by atoms with van der Waals surface area (Å²) in [6.07, 6.45) is 4.92. The van der Waals surface area contributed by atoms with Crippen molar-refractivity contribution in [3.8, 4) is 11.5 Å². The number of methoxy groups -OCH3 is 1. The van der Waals surface area contributed by atoms with Crippen LogP contribution in [0.1, 0.15) is 16.1 Å². The van der Waals surface area contributed by atoms with Crippen molar-refractivity contribution >= 4 is 22.6 Å². The molecule has 1 amide bonds. The molecule has 0 aliphatic carbocycles. The summed E-state index contributed by atoms with van der Waals surface area (Å²) >= 11 is 0. The lowest BCUT2D eigenvalue weighted by Crippen LogP contribution is -2.26. The van der Waals surface area contributed by atoms with Gasteiger partial charge in [-0.05, 0) is 36.4 Å². The topological polar surface area (TPSA) is 104 Å². The van der Waals surface area contributed by atoms with Crippen molar-refractivity contribution in [3.63, 3.8) is 0 Å². The highest BCUT2D eigenvalue weighted by Gasteiger charge is 2.20. The van der Waals surface area contributed by atoms with Crippen LogP contribution in [0.5, 0.6) is 0 Å². The summed E-state index contributed by atoms with van der Waals surface area (Å²) in [5.74, 6) is 0.296. The molecule has 0 aromatic carbocycles. The number of aromatic nitrogens is 4. The van der Waals surface area contributed by atoms with Crippen LogP contribution >= 0.6 is 0 Å². The predicted molar refractivity (Wildman–Crippen MR) is 122 cm³/mol. The summed E-state index contributed by atoms with van der Waals surface area (Å²) in [4.78, 5) is 35.3. The normalized spacial score (nSPS) is 11.3. The van der Waals surface area contributed by atoms with E-state index in [9.17, 15) is 9.59 Å². The standard InChI is InChI=1S/C24H21N5O4/c1-32-13-11-28-18(14-17-22(28)27-20-8-2-3-10-29(20)24(17)31)23(30)26-15-16-6-4-9-25-21(16)19-7-5-12-33-19/h2-10,12,14H,11,13,15H2,1H3,(H,26,30). The Kier molecular flexibility index (Phi) is 5.45. The Morgan fingerprint density at radius 1 is 1.18 bits per heavy atom. The van der Waals surface area contributed by atoms with Crippen molar-refractivity contribution in [2.24, 2.45) is 0 Å². The lowest BCUT2D eigenvalue weighted by atomic mass is 10.1. The average Bonchev–Trinajstić information content (AvgIpc) is 3.50. The van der Waals surface area contributed by atoms with Gasteiger partial charge in [0.25, 0.3) is 11.5 Å². The van der Waals surface area contributed by atoms with Crippen LogP contribution in [0.4, 0.5) is 0 Å². The van der Waals surface area contributed by atoms with Gasteiger partial charge in [0.05, 0.1) is 18.3 Å². The SMILES string of the molecule is COCCn1c(C(=O)NCc2cccnc2-c2ccco2)cc2c(=O)n3ccccc3nc21. The smallest absolute Gasteiger partial charge is 0.268 e. The van der Waals surface area contributed by atoms with Crippen LogP contribution < -0.4 is 10.9 Å². The third kappa shape index (κ3) is 3.79. The molecular weight excluding hydrogens is 422 g/mol. The van der Waals surface area contributed by atoms with Gasteiger partial charge in [0.15, 0.2) is 5.76 Å². The predicted octanol–water partition coefficient (Wildman–Crippen LogP) is 2.88. The van der Waals surface area contributed by atoms with Crippen molar-refractivity contribution < 1.29 is 13.9 Å². The molecule has 0 bridgehead atoms. The third-order valence-electron chi connectivity index (χ3n) is 5.41. The van der Waals surface area contributed by atoms with Gasteiger partial charge in [-0.1, -0.05) is 12.1 Å². The Morgan fingerprint density at radius 2 is 2.09 bits per heavy atom. The monoisotopic (exact) mass is 443 g/mol. The Morgan fingerprint density at radius 3 is 2.91 bits per heavy atom. The fraction of sp³-hybridized carbons (Fsp3) is 0.167. The molecule has 5 heterocycles. The van der Waals surface area contributed by atoms with Gasteiger partial charge in [-0.3, -0.25) is 19.0 Å². The molecule has 5 aromatic heterocycles. The zero-order chi connectivity index (χ0) is 22.8. The molecule has 9 heteroatoms. The Labute approximate surface area is 188 Å². The van der Waals surface area contributed by atoms with Crippen LogP contribution in [0.3, 0.4) is 0 Å². The van der Waals surface area contributed by atoms with Crippen LogP contribution in [0.2, 0.25) is 0 Å². The molecule has 33 heavy (non-hydrogen) atoms. The molecular formula is C24H21N5O4. The minimum Gasteiger partial charge on any atom is -0.463 e. The number of rotatable bonds is 7. The maximum atomic E-state index is 13.2. The van der Waals surface area contributed by atoms with Crippen LogP contribution in [0.15, 0.2) is 76.4 Å². The number of nitrogens with zero attached hydrogens (tertiary/aromatic N) is 4. The number of pyridine rings is 2. The second kappa shape index (κ2) is 8.71. The highest BCUT2D eigenvalue weighted by Crippen LogP contribution is 2.22. The number of carbonyl (C=O) groups excluding carboxylic acids is 1. The van der Waals surface area contributed by atoms with Gasteiger partial charge in [-0.25, -0.2) is 4.98 Å². The first-order valence-electron chi connectivity index (χ1n) is 10.4. The van der Waals surface area contributed by atoms with Crippen molar-refractivity contribution in [1.29, 1.82) is 0 Å². The number of hydrogen-bond acceptors (Lipinski definition) is 6. The zero-order valence-electron chi connectivity index (χ0n) is 17.9. The van der Waals surface area contributed by atoms with E-state index < -0.39 is 0 Å². The summed E-state index contributed by atoms with van der Waals surface area (Å²) < 4.78 is 13.9. The third-order valence-corrected chi connectivity index (χ3v) is 5.41. The maximum absolute atomic E-state index is 13.2. The second-order valence-electron chi connectivity index (χ2n) is 7.43. The summed E-state index contributed by atoms with van der Waals surface area (Å²) in [6.45, 7) is 0.983. The number of fused-ring (bicyclic) bond motifs is 2. The van der Waals surface area contributed by atoms with Crippen LogP contribution in [0.25, 0.3) is 28.1 Å². The highest BCUT2D eigenvalue weighted by atomic mass is 16.5. The van der Waals surface area contributed by atoms with E-state index in [2.05, 4.69) is 15.3 Å². The highest BCUT2D eigenvalue weighted by molar-refractivity contribution is 5.98. The number of hydrogen-bond donors (Lipinski definition) is 1. The first kappa shape index (κ1) is 20.7. The summed E-state index contributed by atoms with van der Waals surface area (Å²) in [7, 11) is 1.59. The van der Waals surface area contributed by atoms with E-state index in [0.29, 0.717) is 47.0 Å². The lowest BCUT2D eigenvalue weighted by molar-refractivity contribution is 0.0939. The molecule has 0 spiro atoms. The number of furan rings is 1. The summed E-state index contributed by atoms with van der Waals surface area (Å²) in [6, 6.07) is 14.2. The molecule has 0 atom stereocenters. The van der Waals surface area contributed by atoms with E-state index >= 15 is 0 Å². The number of carbonyl (C=O) groups is 1. The van der Waals surface area contributed by atoms with Crippen LogP contribution in [-0.2, 0) is 17.8 Å². The van der Waals surface area contributed by atoms with Gasteiger partial charge in [0, 0.05) is 38.2 Å². The van der Waals surface area contributed by atoms with Gasteiger partial charge in [0.2, 0.25) is 0 Å². The fourth-order valence-corrected chi connectivity index (χ4v) is 3.83. The Balaban J connectivity index is 1.52. The maximum Gasteiger partial charge on any atom is 0.268 e. The molecule has 5 aromatic rings. The van der Waals surface area contributed by atoms with Gasteiger partial charge < -0.3 is 19.0 Å². The minimum absolute atomic E-state index is 0.229. The van der Waals surface area contributed by atoms with E-state index in [4.69, 9.17) is 9.15 Å². The van der Waals surface area contributed by atoms with Gasteiger partial charge >= 0.3 is 0 Å². The Bertz CT molecular complexity index is 1500. The molecule has 5 rings (SSSR count). The van der Waals surface area contributed by atoms with Crippen molar-refractivity contribution in [3.05, 3.63) is 88.8 Å². The van der Waals surface area contributed by atoms with Gasteiger partial charge in [0.1, 0.15) is 22.7 Å². The molecule has 0 radical (unpaired) electrons. The van der Waals surface area contributed by atoms with Crippen LogP contribution in [0, 0.1) is 0 Å². The molecule has 0 aliphatic rings. The molecule has 0 aliphatic heterocycles. The summed E-state index contributed by atoms with van der Waals surface area (Å²) in [5, 5.41) is 3.31. The summed E-state index contributed by atoms with van der Waals surface area (Å²) in [5.41, 5.74) is 2.54. The molecule has 166 valence electrons. The minimum atomic E-state index is -0.327. The van der Waals surface area contributed by atoms with E-state index in [-0.39, 0.29) is 18.0 Å². The van der Waals surface area contributed by atoms with Crippen molar-refractivity contribution in [2.45, 2.75) is 13.1 Å². The first-order valence-corrected chi connectivity index (χ1v) is 10.4. The number of nitrogens with one attached hydrogen (secondary N) is 1. The number of amides is 1. The lowest BCUT2D eigenvalue weighted by Gasteiger charge is -2.11. The van der Waals surface area contributed by atoms with E-state index in [1.165, 1.54) is 4.40 Å². The van der Waals surface area contributed by atoms with E-state index in [0.717, 1.165) is 5.56 Å². The second-order valence-corrected chi connectivity index (χ2v) is 7.43. The molecule has 0 fully saturated rings. The quantitative estimate of drug-likeness (QED) is 0.415. The Hall–Kier alpha value is -4.24. The fourth-order valence-electron chi connectivity index (χ4n) is 3.83. The van der Waals surface area contributed by atoms with Crippen molar-refractivity contribution in [1.82, 2.24) is 24.3 Å². The van der Waals surface area contributed by atoms with E-state index in [1.54, 1.807) is 60.7 Å². The molecule has 0 unspecified atom stereocenters. The molecule has 9 nitrogen and oxygen atoms in total. The molecule has 0 saturated carbocycles. The van der Waals surface area contributed by atoms with Crippen LogP contribution in [-0.4, -0.2) is 38.6 Å². The van der Waals surface area contributed by atoms with Crippen molar-refractivity contribution in [2.75, 3.05) is 13.7 Å².